The third-order valence-electron chi connectivity index (χ3n) is 11.1. The molecule has 0 amide bonds. The van der Waals surface area contributed by atoms with E-state index in [0.717, 1.165) is 43.9 Å². The van der Waals surface area contributed by atoms with Gasteiger partial charge in [0.25, 0.3) is 0 Å². The standard InChI is InChI=1S/C47H30O2/c1-47(2)37-17-9-7-11-29(37)30-21-19-28(26-38(30)47)44-33-14-5-3-12-31(33)43(32-13-4-6-15-34(32)44)27-20-22-40-36(25-27)46-42(49-40)24-23-41-45(46)35-16-8-10-18-39(35)48-41/h3-26H,1-2H3. The maximum absolute atomic E-state index is 6.46. The molecule has 0 saturated carbocycles. The van der Waals surface area contributed by atoms with Gasteiger partial charge in [-0.25, -0.2) is 0 Å². The van der Waals surface area contributed by atoms with Crippen molar-refractivity contribution in [2.24, 2.45) is 0 Å². The number of fused-ring (bicyclic) bond motifs is 12. The van der Waals surface area contributed by atoms with E-state index in [9.17, 15) is 0 Å². The van der Waals surface area contributed by atoms with Crippen molar-refractivity contribution in [2.75, 3.05) is 0 Å². The van der Waals surface area contributed by atoms with Crippen molar-refractivity contribution < 1.29 is 8.83 Å². The molecule has 230 valence electrons. The number of benzene rings is 8. The van der Waals surface area contributed by atoms with Crippen LogP contribution in [0.1, 0.15) is 25.0 Å². The number of para-hydroxylation sites is 1. The summed E-state index contributed by atoms with van der Waals surface area (Å²) >= 11 is 0. The largest absolute Gasteiger partial charge is 0.456 e. The van der Waals surface area contributed by atoms with Crippen LogP contribution in [0.15, 0.2) is 154 Å². The summed E-state index contributed by atoms with van der Waals surface area (Å²) in [5, 5.41) is 9.41. The van der Waals surface area contributed by atoms with Crippen LogP contribution in [-0.2, 0) is 5.41 Å². The topological polar surface area (TPSA) is 26.3 Å². The van der Waals surface area contributed by atoms with Crippen LogP contribution >= 0.6 is 0 Å². The number of hydrogen-bond donors (Lipinski definition) is 0. The van der Waals surface area contributed by atoms with Gasteiger partial charge in [0.2, 0.25) is 0 Å². The molecule has 0 atom stereocenters. The molecule has 0 aliphatic heterocycles. The molecule has 0 radical (unpaired) electrons. The van der Waals surface area contributed by atoms with Crippen LogP contribution in [0, 0.1) is 0 Å². The fourth-order valence-corrected chi connectivity index (χ4v) is 8.85. The van der Waals surface area contributed by atoms with Crippen LogP contribution in [0.4, 0.5) is 0 Å². The summed E-state index contributed by atoms with van der Waals surface area (Å²) in [7, 11) is 0. The van der Waals surface area contributed by atoms with E-state index >= 15 is 0 Å². The minimum absolute atomic E-state index is 0.0675. The van der Waals surface area contributed by atoms with Gasteiger partial charge in [-0.15, -0.1) is 0 Å². The summed E-state index contributed by atoms with van der Waals surface area (Å²) in [5.74, 6) is 0. The summed E-state index contributed by atoms with van der Waals surface area (Å²) in [6.07, 6.45) is 0. The van der Waals surface area contributed by atoms with E-state index < -0.39 is 0 Å². The average molecular weight is 627 g/mol. The number of hydrogen-bond acceptors (Lipinski definition) is 2. The van der Waals surface area contributed by atoms with E-state index in [1.165, 1.54) is 66.1 Å². The molecule has 1 aliphatic rings. The first-order valence-electron chi connectivity index (χ1n) is 17.0. The Kier molecular flexibility index (Phi) is 5.21. The lowest BCUT2D eigenvalue weighted by Crippen LogP contribution is -2.14. The van der Waals surface area contributed by atoms with Crippen molar-refractivity contribution >= 4 is 65.4 Å². The second kappa shape index (κ2) is 9.49. The van der Waals surface area contributed by atoms with Gasteiger partial charge in [0, 0.05) is 27.0 Å². The quantitative estimate of drug-likeness (QED) is 0.178. The molecule has 1 aliphatic carbocycles. The Morgan fingerprint density at radius 2 is 0.837 bits per heavy atom. The zero-order valence-electron chi connectivity index (χ0n) is 27.2. The first-order chi connectivity index (χ1) is 24.1. The number of rotatable bonds is 2. The van der Waals surface area contributed by atoms with Gasteiger partial charge in [0.05, 0.1) is 0 Å². The lowest BCUT2D eigenvalue weighted by molar-refractivity contribution is 0.660. The Bertz CT molecular complexity index is 2970. The summed E-state index contributed by atoms with van der Waals surface area (Å²) in [5.41, 5.74) is 13.9. The highest BCUT2D eigenvalue weighted by Crippen LogP contribution is 2.51. The van der Waals surface area contributed by atoms with E-state index in [1.54, 1.807) is 0 Å². The van der Waals surface area contributed by atoms with Crippen LogP contribution < -0.4 is 0 Å². The van der Waals surface area contributed by atoms with E-state index in [4.69, 9.17) is 8.83 Å². The van der Waals surface area contributed by atoms with E-state index in [1.807, 2.05) is 24.3 Å². The van der Waals surface area contributed by atoms with Gasteiger partial charge in [-0.05, 0) is 102 Å². The predicted octanol–water partition coefficient (Wildman–Crippen LogP) is 13.4. The summed E-state index contributed by atoms with van der Waals surface area (Å²) < 4.78 is 12.7. The van der Waals surface area contributed by atoms with Gasteiger partial charge in [-0.1, -0.05) is 123 Å². The molecular weight excluding hydrogens is 597 g/mol. The van der Waals surface area contributed by atoms with Gasteiger partial charge in [0.15, 0.2) is 0 Å². The summed E-state index contributed by atoms with van der Waals surface area (Å²) in [6, 6.07) is 52.8. The highest BCUT2D eigenvalue weighted by atomic mass is 16.3. The molecule has 2 heteroatoms. The molecule has 0 bridgehead atoms. The van der Waals surface area contributed by atoms with Crippen LogP contribution in [0.25, 0.3) is 98.8 Å². The molecule has 49 heavy (non-hydrogen) atoms. The Morgan fingerprint density at radius 3 is 1.51 bits per heavy atom. The molecule has 11 rings (SSSR count). The lowest BCUT2D eigenvalue weighted by Gasteiger charge is -2.23. The number of furan rings is 2. The van der Waals surface area contributed by atoms with Crippen molar-refractivity contribution in [1.82, 2.24) is 0 Å². The lowest BCUT2D eigenvalue weighted by atomic mass is 9.80. The van der Waals surface area contributed by atoms with Crippen molar-refractivity contribution in [3.63, 3.8) is 0 Å². The molecule has 10 aromatic rings. The van der Waals surface area contributed by atoms with Crippen molar-refractivity contribution in [1.29, 1.82) is 0 Å². The zero-order chi connectivity index (χ0) is 32.4. The Morgan fingerprint density at radius 1 is 0.367 bits per heavy atom. The maximum atomic E-state index is 6.46. The summed E-state index contributed by atoms with van der Waals surface area (Å²) in [4.78, 5) is 0. The van der Waals surface area contributed by atoms with E-state index in [0.29, 0.717) is 0 Å². The SMILES string of the molecule is CC1(C)c2ccccc2-c2ccc(-c3c4ccccc4c(-c4ccc5oc6ccc7oc8ccccc8c7c6c5c4)c4ccccc34)cc21. The van der Waals surface area contributed by atoms with Crippen LogP contribution in [0.5, 0.6) is 0 Å². The molecule has 2 heterocycles. The third-order valence-corrected chi connectivity index (χ3v) is 11.1. The van der Waals surface area contributed by atoms with Gasteiger partial charge in [-0.2, -0.15) is 0 Å². The monoisotopic (exact) mass is 626 g/mol. The van der Waals surface area contributed by atoms with Gasteiger partial charge in [-0.3, -0.25) is 0 Å². The van der Waals surface area contributed by atoms with Crippen LogP contribution in [-0.4, -0.2) is 0 Å². The molecule has 0 unspecified atom stereocenters. The highest BCUT2D eigenvalue weighted by Gasteiger charge is 2.35. The second-order valence-corrected chi connectivity index (χ2v) is 14.0. The van der Waals surface area contributed by atoms with Crippen molar-refractivity contribution in [3.8, 4) is 33.4 Å². The highest BCUT2D eigenvalue weighted by molar-refractivity contribution is 6.27. The molecule has 0 fully saturated rings. The molecule has 2 nitrogen and oxygen atoms in total. The smallest absolute Gasteiger partial charge is 0.136 e. The minimum atomic E-state index is -0.0675. The first kappa shape index (κ1) is 26.9. The van der Waals surface area contributed by atoms with Crippen molar-refractivity contribution in [2.45, 2.75) is 19.3 Å². The fraction of sp³-hybridized carbons (Fsp3) is 0.0638. The van der Waals surface area contributed by atoms with Gasteiger partial charge < -0.3 is 8.83 Å². The Hall–Kier alpha value is -6.12. The van der Waals surface area contributed by atoms with Crippen LogP contribution in [0.3, 0.4) is 0 Å². The van der Waals surface area contributed by atoms with Crippen molar-refractivity contribution in [3.05, 3.63) is 157 Å². The van der Waals surface area contributed by atoms with Crippen LogP contribution in [0.2, 0.25) is 0 Å². The molecule has 0 N–H and O–H groups in total. The zero-order valence-corrected chi connectivity index (χ0v) is 27.2. The first-order valence-corrected chi connectivity index (χ1v) is 17.0. The van der Waals surface area contributed by atoms with Gasteiger partial charge in [0.1, 0.15) is 22.3 Å². The predicted molar refractivity (Wildman–Crippen MR) is 204 cm³/mol. The molecule has 0 saturated heterocycles. The fourth-order valence-electron chi connectivity index (χ4n) is 8.85. The average Bonchev–Trinajstić information content (AvgIpc) is 3.77. The van der Waals surface area contributed by atoms with E-state index in [-0.39, 0.29) is 5.41 Å². The third kappa shape index (κ3) is 3.55. The Labute approximate surface area is 282 Å². The van der Waals surface area contributed by atoms with Gasteiger partial charge >= 0.3 is 0 Å². The molecule has 0 spiro atoms. The maximum Gasteiger partial charge on any atom is 0.136 e. The molecule has 2 aromatic heterocycles. The molecule has 8 aromatic carbocycles. The normalized spacial score (nSPS) is 13.7. The summed E-state index contributed by atoms with van der Waals surface area (Å²) in [6.45, 7) is 4.72. The second-order valence-electron chi connectivity index (χ2n) is 14.0. The minimum Gasteiger partial charge on any atom is -0.456 e. The van der Waals surface area contributed by atoms with E-state index in [2.05, 4.69) is 135 Å². The Balaban J connectivity index is 1.20. The molecular formula is C47H30O2.